The zero-order valence-corrected chi connectivity index (χ0v) is 6.52. The maximum Gasteiger partial charge on any atom is 0.358 e. The van der Waals surface area contributed by atoms with E-state index < -0.39 is 12.4 Å². The zero-order valence-electron chi connectivity index (χ0n) is 6.52. The third kappa shape index (κ3) is 2.77. The van der Waals surface area contributed by atoms with Crippen LogP contribution in [0.2, 0.25) is 0 Å². The van der Waals surface area contributed by atoms with E-state index in [-0.39, 0.29) is 18.7 Å². The number of hydrogen-bond acceptors (Lipinski definition) is 3. The Morgan fingerprint density at radius 2 is 2.38 bits per heavy atom. The molecule has 72 valence electrons. The van der Waals surface area contributed by atoms with Gasteiger partial charge in [0.1, 0.15) is 0 Å². The standard InChI is InChI=1S/C6H7F2N3O2/c7-5(8)1-2-11-9-3-4(10-11)6(12)13/h3,5H,1-2H2,(H,12,13). The average molecular weight is 191 g/mol. The summed E-state index contributed by atoms with van der Waals surface area (Å²) in [5.74, 6) is -1.22. The second kappa shape index (κ2) is 3.92. The lowest BCUT2D eigenvalue weighted by Crippen LogP contribution is -2.07. The number of carboxylic acid groups (broad SMARTS) is 1. The largest absolute Gasteiger partial charge is 0.476 e. The van der Waals surface area contributed by atoms with Crippen LogP contribution >= 0.6 is 0 Å². The fraction of sp³-hybridized carbons (Fsp3) is 0.500. The maximum absolute atomic E-state index is 11.7. The predicted octanol–water partition coefficient (Wildman–Crippen LogP) is 0.631. The molecular weight excluding hydrogens is 184 g/mol. The number of nitrogens with zero attached hydrogens (tertiary/aromatic N) is 3. The SMILES string of the molecule is O=C(O)c1cnn(CCC(F)F)n1. The van der Waals surface area contributed by atoms with E-state index in [9.17, 15) is 13.6 Å². The Bertz CT molecular complexity index is 300. The van der Waals surface area contributed by atoms with Crippen LogP contribution in [-0.4, -0.2) is 32.5 Å². The molecule has 0 atom stereocenters. The van der Waals surface area contributed by atoms with Crippen LogP contribution in [0.25, 0.3) is 0 Å². The van der Waals surface area contributed by atoms with Crippen molar-refractivity contribution in [2.45, 2.75) is 19.4 Å². The summed E-state index contributed by atoms with van der Waals surface area (Å²) in [5.41, 5.74) is -0.241. The van der Waals surface area contributed by atoms with E-state index in [0.717, 1.165) is 11.0 Å². The molecule has 0 aliphatic heterocycles. The van der Waals surface area contributed by atoms with E-state index in [0.29, 0.717) is 0 Å². The van der Waals surface area contributed by atoms with Gasteiger partial charge in [-0.1, -0.05) is 0 Å². The molecule has 0 bridgehead atoms. The molecular formula is C6H7F2N3O2. The molecule has 0 radical (unpaired) electrons. The topological polar surface area (TPSA) is 68.0 Å². The lowest BCUT2D eigenvalue weighted by Gasteiger charge is -1.97. The van der Waals surface area contributed by atoms with Gasteiger partial charge in [-0.15, -0.1) is 5.10 Å². The van der Waals surface area contributed by atoms with Crippen molar-refractivity contribution in [1.82, 2.24) is 15.0 Å². The van der Waals surface area contributed by atoms with Crippen LogP contribution in [0.1, 0.15) is 16.9 Å². The Labute approximate surface area is 72.0 Å². The molecule has 0 amide bonds. The summed E-state index contributed by atoms with van der Waals surface area (Å²) in [7, 11) is 0. The highest BCUT2D eigenvalue weighted by molar-refractivity contribution is 5.84. The Hall–Kier alpha value is -1.53. The minimum Gasteiger partial charge on any atom is -0.476 e. The molecule has 5 nitrogen and oxygen atoms in total. The van der Waals surface area contributed by atoms with Crippen LogP contribution in [0.4, 0.5) is 8.78 Å². The smallest absolute Gasteiger partial charge is 0.358 e. The number of aromatic carboxylic acids is 1. The summed E-state index contributed by atoms with van der Waals surface area (Å²) < 4.78 is 23.4. The van der Waals surface area contributed by atoms with Crippen molar-refractivity contribution in [3.63, 3.8) is 0 Å². The first-order valence-electron chi connectivity index (χ1n) is 3.51. The van der Waals surface area contributed by atoms with E-state index in [2.05, 4.69) is 10.2 Å². The quantitative estimate of drug-likeness (QED) is 0.757. The molecule has 1 aromatic heterocycles. The molecule has 0 spiro atoms. The van der Waals surface area contributed by atoms with Crippen LogP contribution in [0.15, 0.2) is 6.20 Å². The van der Waals surface area contributed by atoms with Gasteiger partial charge in [0.2, 0.25) is 6.43 Å². The molecule has 0 aromatic carbocycles. The van der Waals surface area contributed by atoms with E-state index in [1.54, 1.807) is 0 Å². The van der Waals surface area contributed by atoms with Gasteiger partial charge in [0.25, 0.3) is 0 Å². The summed E-state index contributed by atoms with van der Waals surface area (Å²) in [6, 6.07) is 0. The summed E-state index contributed by atoms with van der Waals surface area (Å²) >= 11 is 0. The molecule has 0 fully saturated rings. The van der Waals surface area contributed by atoms with Crippen LogP contribution < -0.4 is 0 Å². The van der Waals surface area contributed by atoms with Crippen LogP contribution in [-0.2, 0) is 6.54 Å². The van der Waals surface area contributed by atoms with Gasteiger partial charge in [0.05, 0.1) is 12.7 Å². The molecule has 0 aliphatic rings. The first-order chi connectivity index (χ1) is 6.09. The van der Waals surface area contributed by atoms with E-state index >= 15 is 0 Å². The highest BCUT2D eigenvalue weighted by Gasteiger charge is 2.09. The highest BCUT2D eigenvalue weighted by Crippen LogP contribution is 2.00. The average Bonchev–Trinajstić information content (AvgIpc) is 2.48. The second-order valence-corrected chi connectivity index (χ2v) is 2.31. The van der Waals surface area contributed by atoms with E-state index in [4.69, 9.17) is 5.11 Å². The third-order valence-corrected chi connectivity index (χ3v) is 1.30. The first-order valence-corrected chi connectivity index (χ1v) is 3.51. The Morgan fingerprint density at radius 1 is 1.69 bits per heavy atom. The molecule has 1 rings (SSSR count). The fourth-order valence-corrected chi connectivity index (χ4v) is 0.716. The molecule has 1 N–H and O–H groups in total. The number of aromatic nitrogens is 3. The van der Waals surface area contributed by atoms with Crippen molar-refractivity contribution < 1.29 is 18.7 Å². The third-order valence-electron chi connectivity index (χ3n) is 1.30. The van der Waals surface area contributed by atoms with Crippen LogP contribution in [0.3, 0.4) is 0 Å². The monoisotopic (exact) mass is 191 g/mol. The number of hydrogen-bond donors (Lipinski definition) is 1. The first kappa shape index (κ1) is 9.56. The Kier molecular flexibility index (Phi) is 2.88. The van der Waals surface area contributed by atoms with Gasteiger partial charge in [-0.2, -0.15) is 9.90 Å². The van der Waals surface area contributed by atoms with Gasteiger partial charge in [0.15, 0.2) is 5.69 Å². The van der Waals surface area contributed by atoms with Crippen molar-refractivity contribution >= 4 is 5.97 Å². The summed E-state index contributed by atoms with van der Waals surface area (Å²) in [4.78, 5) is 11.2. The van der Waals surface area contributed by atoms with Crippen molar-refractivity contribution in [2.24, 2.45) is 0 Å². The van der Waals surface area contributed by atoms with Gasteiger partial charge in [0, 0.05) is 6.42 Å². The number of aryl methyl sites for hydroxylation is 1. The van der Waals surface area contributed by atoms with E-state index in [1.165, 1.54) is 0 Å². The Balaban J connectivity index is 2.54. The van der Waals surface area contributed by atoms with Gasteiger partial charge >= 0.3 is 5.97 Å². The predicted molar refractivity (Wildman–Crippen MR) is 37.6 cm³/mol. The van der Waals surface area contributed by atoms with Gasteiger partial charge in [-0.05, 0) is 0 Å². The van der Waals surface area contributed by atoms with Crippen molar-refractivity contribution in [2.75, 3.05) is 0 Å². The normalized spacial score (nSPS) is 10.7. The van der Waals surface area contributed by atoms with Gasteiger partial charge in [-0.25, -0.2) is 13.6 Å². The van der Waals surface area contributed by atoms with Gasteiger partial charge < -0.3 is 5.11 Å². The minimum absolute atomic E-state index is 0.0784. The highest BCUT2D eigenvalue weighted by atomic mass is 19.3. The molecule has 0 unspecified atom stereocenters. The fourth-order valence-electron chi connectivity index (χ4n) is 0.716. The molecule has 13 heavy (non-hydrogen) atoms. The maximum atomic E-state index is 11.7. The molecule has 0 aliphatic carbocycles. The number of alkyl halides is 2. The lowest BCUT2D eigenvalue weighted by atomic mass is 10.5. The van der Waals surface area contributed by atoms with Crippen molar-refractivity contribution in [3.05, 3.63) is 11.9 Å². The number of halogens is 2. The summed E-state index contributed by atoms with van der Waals surface area (Å²) in [6.45, 7) is -0.0784. The van der Waals surface area contributed by atoms with Crippen molar-refractivity contribution in [1.29, 1.82) is 0 Å². The minimum atomic E-state index is -2.43. The second-order valence-electron chi connectivity index (χ2n) is 2.31. The van der Waals surface area contributed by atoms with Crippen LogP contribution in [0, 0.1) is 0 Å². The number of rotatable bonds is 4. The number of carboxylic acids is 1. The van der Waals surface area contributed by atoms with Crippen LogP contribution in [0.5, 0.6) is 0 Å². The van der Waals surface area contributed by atoms with Crippen molar-refractivity contribution in [3.8, 4) is 0 Å². The molecule has 0 saturated heterocycles. The zero-order chi connectivity index (χ0) is 9.84. The Morgan fingerprint density at radius 3 is 2.85 bits per heavy atom. The molecule has 0 saturated carbocycles. The summed E-state index contributed by atoms with van der Waals surface area (Å²) in [5, 5.41) is 15.4. The summed E-state index contributed by atoms with van der Waals surface area (Å²) in [6.07, 6.45) is -1.79. The van der Waals surface area contributed by atoms with Gasteiger partial charge in [-0.3, -0.25) is 0 Å². The lowest BCUT2D eigenvalue weighted by molar-refractivity contribution is 0.0689. The molecule has 7 heteroatoms. The molecule has 1 heterocycles. The molecule has 1 aromatic rings. The number of carbonyl (C=O) groups is 1. The van der Waals surface area contributed by atoms with E-state index in [1.807, 2.05) is 0 Å².